The largest absolute Gasteiger partial charge is 0.481 e. The first kappa shape index (κ1) is 29.1. The fraction of sp³-hybridized carbons (Fsp3) is 0.438. The zero-order valence-electron chi connectivity index (χ0n) is 23.2. The van der Waals surface area contributed by atoms with Gasteiger partial charge in [0.15, 0.2) is 0 Å². The summed E-state index contributed by atoms with van der Waals surface area (Å²) in [5.74, 6) is -0.580. The first-order chi connectivity index (χ1) is 18.9. The third-order valence-electron chi connectivity index (χ3n) is 7.47. The molecule has 0 bridgehead atoms. The molecule has 2 heterocycles. The van der Waals surface area contributed by atoms with Crippen LogP contribution in [0.5, 0.6) is 5.88 Å². The third-order valence-corrected chi connectivity index (χ3v) is 7.77. The molecule has 2 unspecified atom stereocenters. The molecule has 0 aliphatic carbocycles. The Morgan fingerprint density at radius 2 is 1.79 bits per heavy atom. The summed E-state index contributed by atoms with van der Waals surface area (Å²) < 4.78 is 11.6. The summed E-state index contributed by atoms with van der Waals surface area (Å²) in [7, 11) is 1.77. The van der Waals surface area contributed by atoms with E-state index in [0.717, 1.165) is 54.7 Å². The van der Waals surface area contributed by atoms with Gasteiger partial charge in [-0.3, -0.25) is 9.69 Å². The molecule has 1 aliphatic rings. The average molecular weight is 551 g/mol. The molecule has 1 N–H and O–H groups in total. The number of rotatable bonds is 13. The van der Waals surface area contributed by atoms with E-state index < -0.39 is 5.97 Å². The Balaban J connectivity index is 1.54. The molecule has 208 valence electrons. The van der Waals surface area contributed by atoms with Crippen molar-refractivity contribution < 1.29 is 19.4 Å². The lowest BCUT2D eigenvalue weighted by molar-refractivity contribution is -0.141. The zero-order chi connectivity index (χ0) is 27.8. The van der Waals surface area contributed by atoms with Crippen LogP contribution in [0.25, 0.3) is 11.1 Å². The number of carbonyl (C=O) groups is 1. The Bertz CT molecular complexity index is 1240. The van der Waals surface area contributed by atoms with Crippen molar-refractivity contribution >= 4 is 17.6 Å². The van der Waals surface area contributed by atoms with Crippen LogP contribution in [-0.2, 0) is 28.9 Å². The minimum Gasteiger partial charge on any atom is -0.481 e. The maximum absolute atomic E-state index is 11.2. The minimum absolute atomic E-state index is 0.0463. The van der Waals surface area contributed by atoms with Crippen molar-refractivity contribution in [1.82, 2.24) is 9.88 Å². The predicted molar refractivity (Wildman–Crippen MR) is 155 cm³/mol. The fourth-order valence-corrected chi connectivity index (χ4v) is 5.45. The Morgan fingerprint density at radius 3 is 2.46 bits per heavy atom. The third kappa shape index (κ3) is 7.81. The molecule has 6 nitrogen and oxygen atoms in total. The SMILES string of the molecule is CCOc1cc(-c2ccc(C(CCc3ccc(CC(C)C(=O)O)cc3)OC)cc2CN2CCCC2)c(Cl)cn1. The lowest BCUT2D eigenvalue weighted by atomic mass is 9.93. The highest BCUT2D eigenvalue weighted by Gasteiger charge is 2.20. The van der Waals surface area contributed by atoms with Gasteiger partial charge in [0.05, 0.1) is 29.8 Å². The van der Waals surface area contributed by atoms with E-state index in [1.54, 1.807) is 20.2 Å². The van der Waals surface area contributed by atoms with E-state index >= 15 is 0 Å². The first-order valence-electron chi connectivity index (χ1n) is 13.8. The molecule has 1 saturated heterocycles. The topological polar surface area (TPSA) is 71.9 Å². The molecule has 0 saturated carbocycles. The van der Waals surface area contributed by atoms with Crippen molar-refractivity contribution in [3.63, 3.8) is 0 Å². The molecular formula is C32H39ClN2O4. The van der Waals surface area contributed by atoms with Gasteiger partial charge < -0.3 is 14.6 Å². The van der Waals surface area contributed by atoms with Gasteiger partial charge in [-0.05, 0) is 79.9 Å². The van der Waals surface area contributed by atoms with E-state index in [4.69, 9.17) is 21.1 Å². The first-order valence-corrected chi connectivity index (χ1v) is 14.2. The van der Waals surface area contributed by atoms with Gasteiger partial charge >= 0.3 is 5.97 Å². The van der Waals surface area contributed by atoms with Crippen LogP contribution in [0.3, 0.4) is 0 Å². The van der Waals surface area contributed by atoms with Crippen LogP contribution in [0.15, 0.2) is 54.7 Å². The average Bonchev–Trinajstić information content (AvgIpc) is 3.44. The van der Waals surface area contributed by atoms with Crippen molar-refractivity contribution in [3.8, 4) is 17.0 Å². The van der Waals surface area contributed by atoms with Gasteiger partial charge in [-0.1, -0.05) is 61.0 Å². The summed E-state index contributed by atoms with van der Waals surface area (Å²) in [5, 5.41) is 9.78. The number of hydrogen-bond donors (Lipinski definition) is 1. The molecule has 39 heavy (non-hydrogen) atoms. The summed E-state index contributed by atoms with van der Waals surface area (Å²) >= 11 is 6.64. The molecule has 0 spiro atoms. The number of benzene rings is 2. The number of carboxylic acids is 1. The van der Waals surface area contributed by atoms with Crippen LogP contribution in [0.4, 0.5) is 0 Å². The van der Waals surface area contributed by atoms with Gasteiger partial charge in [0, 0.05) is 25.3 Å². The highest BCUT2D eigenvalue weighted by molar-refractivity contribution is 6.33. The fourth-order valence-electron chi connectivity index (χ4n) is 5.24. The van der Waals surface area contributed by atoms with Gasteiger partial charge in [-0.25, -0.2) is 4.98 Å². The monoisotopic (exact) mass is 550 g/mol. The standard InChI is InChI=1S/C32H39ClN2O4/c1-4-39-31-19-28(29(33)20-34-31)27-13-12-25(18-26(27)21-35-15-5-6-16-35)30(38-3)14-11-23-7-9-24(10-8-23)17-22(2)32(36)37/h7-10,12-13,18-20,22,30H,4-6,11,14-17,21H2,1-3H3,(H,36,37). The number of nitrogens with zero attached hydrogens (tertiary/aromatic N) is 2. The molecular weight excluding hydrogens is 512 g/mol. The quantitative estimate of drug-likeness (QED) is 0.247. The second kappa shape index (κ2) is 13.9. The smallest absolute Gasteiger partial charge is 0.306 e. The number of methoxy groups -OCH3 is 1. The van der Waals surface area contributed by atoms with Gasteiger partial charge in [-0.15, -0.1) is 0 Å². The van der Waals surface area contributed by atoms with Crippen molar-refractivity contribution in [2.75, 3.05) is 26.8 Å². The van der Waals surface area contributed by atoms with Crippen LogP contribution in [-0.4, -0.2) is 47.8 Å². The number of carboxylic acid groups (broad SMARTS) is 1. The second-order valence-electron chi connectivity index (χ2n) is 10.4. The summed E-state index contributed by atoms with van der Waals surface area (Å²) in [6.45, 7) is 7.30. The number of pyridine rings is 1. The maximum atomic E-state index is 11.2. The van der Waals surface area contributed by atoms with Crippen LogP contribution >= 0.6 is 11.6 Å². The van der Waals surface area contributed by atoms with E-state index in [1.807, 2.05) is 25.1 Å². The number of likely N-dealkylation sites (tertiary alicyclic amines) is 1. The number of hydrogen-bond acceptors (Lipinski definition) is 5. The number of halogens is 1. The summed E-state index contributed by atoms with van der Waals surface area (Å²) in [4.78, 5) is 18.0. The van der Waals surface area contributed by atoms with Crippen molar-refractivity contribution in [2.24, 2.45) is 5.92 Å². The highest BCUT2D eigenvalue weighted by atomic mass is 35.5. The molecule has 1 aromatic heterocycles. The Hall–Kier alpha value is -2.93. The Labute approximate surface area is 236 Å². The van der Waals surface area contributed by atoms with Crippen LogP contribution in [0.2, 0.25) is 5.02 Å². The zero-order valence-corrected chi connectivity index (χ0v) is 23.9. The highest BCUT2D eigenvalue weighted by Crippen LogP contribution is 2.36. The van der Waals surface area contributed by atoms with Gasteiger partial charge in [0.2, 0.25) is 5.88 Å². The van der Waals surface area contributed by atoms with Crippen molar-refractivity contribution in [3.05, 3.63) is 82.0 Å². The van der Waals surface area contributed by atoms with E-state index in [0.29, 0.717) is 23.9 Å². The molecule has 1 aliphatic heterocycles. The molecule has 2 atom stereocenters. The summed E-state index contributed by atoms with van der Waals surface area (Å²) in [6, 6.07) is 16.8. The van der Waals surface area contributed by atoms with Crippen LogP contribution < -0.4 is 4.74 Å². The van der Waals surface area contributed by atoms with E-state index in [-0.39, 0.29) is 12.0 Å². The normalized spacial score (nSPS) is 15.3. The lowest BCUT2D eigenvalue weighted by Gasteiger charge is -2.22. The number of aliphatic carboxylic acids is 1. The summed E-state index contributed by atoms with van der Waals surface area (Å²) in [6.07, 6.45) is 6.33. The number of aromatic nitrogens is 1. The lowest BCUT2D eigenvalue weighted by Crippen LogP contribution is -2.19. The molecule has 0 radical (unpaired) electrons. The van der Waals surface area contributed by atoms with E-state index in [2.05, 4.69) is 40.2 Å². The maximum Gasteiger partial charge on any atom is 0.306 e. The molecule has 7 heteroatoms. The number of aryl methyl sites for hydroxylation is 1. The van der Waals surface area contributed by atoms with E-state index in [1.165, 1.54) is 24.0 Å². The summed E-state index contributed by atoms with van der Waals surface area (Å²) in [5.41, 5.74) is 6.66. The molecule has 2 aromatic carbocycles. The predicted octanol–water partition coefficient (Wildman–Crippen LogP) is 6.98. The van der Waals surface area contributed by atoms with Gasteiger partial charge in [0.25, 0.3) is 0 Å². The molecule has 0 amide bonds. The molecule has 3 aromatic rings. The van der Waals surface area contributed by atoms with E-state index in [9.17, 15) is 9.90 Å². The van der Waals surface area contributed by atoms with Crippen molar-refractivity contribution in [2.45, 2.75) is 58.6 Å². The molecule has 4 rings (SSSR count). The number of ether oxygens (including phenoxy) is 2. The molecule has 1 fully saturated rings. The van der Waals surface area contributed by atoms with Crippen LogP contribution in [0.1, 0.15) is 61.5 Å². The van der Waals surface area contributed by atoms with Gasteiger partial charge in [-0.2, -0.15) is 0 Å². The van der Waals surface area contributed by atoms with Crippen molar-refractivity contribution in [1.29, 1.82) is 0 Å². The second-order valence-corrected chi connectivity index (χ2v) is 10.8. The Morgan fingerprint density at radius 1 is 1.08 bits per heavy atom. The minimum atomic E-state index is -0.766. The Kier molecular flexibility index (Phi) is 10.4. The van der Waals surface area contributed by atoms with Gasteiger partial charge in [0.1, 0.15) is 0 Å². The van der Waals surface area contributed by atoms with Crippen LogP contribution in [0, 0.1) is 5.92 Å².